The van der Waals surface area contributed by atoms with Crippen molar-refractivity contribution < 1.29 is 32.3 Å². The molecule has 0 radical (unpaired) electrons. The summed E-state index contributed by atoms with van der Waals surface area (Å²) in [4.78, 5) is 30.3. The Kier molecular flexibility index (Phi) is 5.96. The molecule has 0 atom stereocenters. The molecule has 0 unspecified atom stereocenters. The molecule has 2 fully saturated rings. The van der Waals surface area contributed by atoms with Gasteiger partial charge < -0.3 is 20.2 Å². The number of hydrogen-bond acceptors (Lipinski definition) is 4. The average Bonchev–Trinajstić information content (AvgIpc) is 2.59. The van der Waals surface area contributed by atoms with Gasteiger partial charge in [-0.2, -0.15) is 13.2 Å². The molecule has 3 rings (SSSR count). The maximum Gasteiger partial charge on any atom is 0.416 e. The highest BCUT2D eigenvalue weighted by Gasteiger charge is 2.58. The first-order valence-electron chi connectivity index (χ1n) is 9.66. The van der Waals surface area contributed by atoms with Gasteiger partial charge in [-0.05, 0) is 32.0 Å². The molecule has 0 bridgehead atoms. The number of urea groups is 1. The first-order valence-corrected chi connectivity index (χ1v) is 9.66. The van der Waals surface area contributed by atoms with Crippen molar-refractivity contribution in [3.63, 3.8) is 0 Å². The van der Waals surface area contributed by atoms with E-state index in [1.165, 1.54) is 4.90 Å². The molecule has 2 aliphatic heterocycles. The van der Waals surface area contributed by atoms with Crippen molar-refractivity contribution in [3.8, 4) is 0 Å². The van der Waals surface area contributed by atoms with Gasteiger partial charge in [-0.25, -0.2) is 9.18 Å². The van der Waals surface area contributed by atoms with Crippen LogP contribution in [0.15, 0.2) is 18.2 Å². The largest absolute Gasteiger partial charge is 0.416 e. The van der Waals surface area contributed by atoms with Gasteiger partial charge in [0.2, 0.25) is 5.91 Å². The van der Waals surface area contributed by atoms with Crippen LogP contribution in [0.4, 0.5) is 28.0 Å². The van der Waals surface area contributed by atoms with Crippen molar-refractivity contribution in [2.45, 2.75) is 31.7 Å². The first kappa shape index (κ1) is 22.3. The van der Waals surface area contributed by atoms with E-state index in [0.29, 0.717) is 38.3 Å². The fraction of sp³-hybridized carbons (Fsp3) is 0.579. The van der Waals surface area contributed by atoms with E-state index in [1.54, 1.807) is 4.90 Å². The summed E-state index contributed by atoms with van der Waals surface area (Å²) in [7, 11) is 0. The standard InChI is InChI=1S/C19H24F4N4O3/c1-3-25(4-2)16(29)18(27-8-15(28)9-27)10-26(11-18)17(30)24-14-6-12(19(21,22)23)5-13(20)7-14/h5-7,15,28H,3-4,8-11H2,1-2H3,(H,24,30). The molecule has 166 valence electrons. The van der Waals surface area contributed by atoms with Crippen LogP contribution < -0.4 is 5.32 Å². The number of β-amino-alcohol motifs (C(OH)–C–C–N with tert-alkyl or cyclic N) is 1. The van der Waals surface area contributed by atoms with Crippen molar-refractivity contribution in [1.29, 1.82) is 0 Å². The number of carbonyl (C=O) groups excluding carboxylic acids is 2. The average molecular weight is 432 g/mol. The van der Waals surface area contributed by atoms with Crippen LogP contribution in [0.2, 0.25) is 0 Å². The number of aliphatic hydroxyl groups excluding tert-OH is 1. The van der Waals surface area contributed by atoms with Crippen LogP contribution in [0.5, 0.6) is 0 Å². The monoisotopic (exact) mass is 432 g/mol. The minimum absolute atomic E-state index is 0.0301. The summed E-state index contributed by atoms with van der Waals surface area (Å²) in [6, 6.07) is 1.08. The summed E-state index contributed by atoms with van der Waals surface area (Å²) < 4.78 is 52.1. The normalized spacial score (nSPS) is 19.1. The van der Waals surface area contributed by atoms with Crippen LogP contribution in [0, 0.1) is 5.82 Å². The lowest BCUT2D eigenvalue weighted by molar-refractivity contribution is -0.168. The predicted molar refractivity (Wildman–Crippen MR) is 100 cm³/mol. The Labute approximate surface area is 171 Å². The molecule has 0 aliphatic carbocycles. The molecule has 7 nitrogen and oxygen atoms in total. The van der Waals surface area contributed by atoms with Crippen molar-refractivity contribution in [1.82, 2.24) is 14.7 Å². The molecule has 0 spiro atoms. The number of hydrogen-bond donors (Lipinski definition) is 2. The summed E-state index contributed by atoms with van der Waals surface area (Å²) >= 11 is 0. The summed E-state index contributed by atoms with van der Waals surface area (Å²) in [5, 5.41) is 11.9. The molecule has 3 amide bonds. The van der Waals surface area contributed by atoms with Crippen LogP contribution in [0.25, 0.3) is 0 Å². The molecule has 30 heavy (non-hydrogen) atoms. The third-order valence-corrected chi connectivity index (χ3v) is 5.58. The van der Waals surface area contributed by atoms with E-state index < -0.39 is 35.2 Å². The van der Waals surface area contributed by atoms with Crippen LogP contribution in [0.1, 0.15) is 19.4 Å². The smallest absolute Gasteiger partial charge is 0.390 e. The maximum absolute atomic E-state index is 13.6. The van der Waals surface area contributed by atoms with Gasteiger partial charge in [0.25, 0.3) is 0 Å². The van der Waals surface area contributed by atoms with E-state index in [2.05, 4.69) is 5.32 Å². The first-order chi connectivity index (χ1) is 14.0. The van der Waals surface area contributed by atoms with Crippen molar-refractivity contribution in [2.75, 3.05) is 44.6 Å². The number of amides is 3. The van der Waals surface area contributed by atoms with Crippen LogP contribution >= 0.6 is 0 Å². The number of alkyl halides is 3. The fourth-order valence-electron chi connectivity index (χ4n) is 3.84. The van der Waals surface area contributed by atoms with Gasteiger partial charge in [0.1, 0.15) is 11.4 Å². The third-order valence-electron chi connectivity index (χ3n) is 5.58. The Bertz CT molecular complexity index is 816. The minimum atomic E-state index is -4.75. The lowest BCUT2D eigenvalue weighted by atomic mass is 9.83. The molecule has 1 aromatic carbocycles. The summed E-state index contributed by atoms with van der Waals surface area (Å²) in [6.07, 6.45) is -5.29. The fourth-order valence-corrected chi connectivity index (χ4v) is 3.84. The summed E-state index contributed by atoms with van der Waals surface area (Å²) in [5.41, 5.74) is -2.50. The Balaban J connectivity index is 1.72. The van der Waals surface area contributed by atoms with Crippen LogP contribution in [-0.2, 0) is 11.0 Å². The van der Waals surface area contributed by atoms with E-state index in [0.717, 1.165) is 6.07 Å². The van der Waals surface area contributed by atoms with Gasteiger partial charge in [-0.15, -0.1) is 0 Å². The maximum atomic E-state index is 13.6. The number of likely N-dealkylation sites (N-methyl/N-ethyl adjacent to an activating group) is 1. The van der Waals surface area contributed by atoms with Gasteiger partial charge >= 0.3 is 12.2 Å². The second-order valence-electron chi connectivity index (χ2n) is 7.58. The van der Waals surface area contributed by atoms with E-state index in [-0.39, 0.29) is 24.7 Å². The Morgan fingerprint density at radius 3 is 2.30 bits per heavy atom. The van der Waals surface area contributed by atoms with Crippen molar-refractivity contribution in [2.24, 2.45) is 0 Å². The number of benzene rings is 1. The molecule has 2 aliphatic rings. The summed E-state index contributed by atoms with van der Waals surface area (Å²) in [5.74, 6) is -1.28. The number of rotatable bonds is 5. The molecule has 1 aromatic rings. The molecular formula is C19H24F4N4O3. The quantitative estimate of drug-likeness (QED) is 0.698. The van der Waals surface area contributed by atoms with Crippen LogP contribution in [-0.4, -0.2) is 82.7 Å². The second kappa shape index (κ2) is 8.03. The number of aliphatic hydroxyl groups is 1. The number of likely N-dealkylation sites (tertiary alicyclic amines) is 2. The second-order valence-corrected chi connectivity index (χ2v) is 7.58. The minimum Gasteiger partial charge on any atom is -0.390 e. The molecule has 2 saturated heterocycles. The van der Waals surface area contributed by atoms with Crippen LogP contribution in [0.3, 0.4) is 0 Å². The van der Waals surface area contributed by atoms with E-state index >= 15 is 0 Å². The zero-order valence-corrected chi connectivity index (χ0v) is 16.7. The number of nitrogens with zero attached hydrogens (tertiary/aromatic N) is 3. The van der Waals surface area contributed by atoms with Gasteiger partial charge in [0.05, 0.1) is 24.8 Å². The molecule has 11 heteroatoms. The predicted octanol–water partition coefficient (Wildman–Crippen LogP) is 1.98. The lowest BCUT2D eigenvalue weighted by Crippen LogP contribution is -2.81. The molecule has 0 aromatic heterocycles. The highest BCUT2D eigenvalue weighted by atomic mass is 19.4. The Morgan fingerprint density at radius 2 is 1.80 bits per heavy atom. The Morgan fingerprint density at radius 1 is 1.20 bits per heavy atom. The zero-order chi connectivity index (χ0) is 22.3. The molecule has 2 heterocycles. The van der Waals surface area contributed by atoms with E-state index in [1.807, 2.05) is 18.7 Å². The SMILES string of the molecule is CCN(CC)C(=O)C1(N2CC(O)C2)CN(C(=O)Nc2cc(F)cc(C(F)(F)F)c2)C1. The molecule has 2 N–H and O–H groups in total. The van der Waals surface area contributed by atoms with Crippen molar-refractivity contribution >= 4 is 17.6 Å². The highest BCUT2D eigenvalue weighted by Crippen LogP contribution is 2.35. The van der Waals surface area contributed by atoms with Gasteiger partial charge in [0, 0.05) is 31.9 Å². The van der Waals surface area contributed by atoms with Gasteiger partial charge in [-0.1, -0.05) is 0 Å². The Hall–Kier alpha value is -2.40. The van der Waals surface area contributed by atoms with E-state index in [4.69, 9.17) is 0 Å². The number of anilines is 1. The number of halogens is 4. The molecule has 0 saturated carbocycles. The van der Waals surface area contributed by atoms with Crippen molar-refractivity contribution in [3.05, 3.63) is 29.6 Å². The highest BCUT2D eigenvalue weighted by molar-refractivity contribution is 5.95. The summed E-state index contributed by atoms with van der Waals surface area (Å²) in [6.45, 7) is 5.33. The van der Waals surface area contributed by atoms with E-state index in [9.17, 15) is 32.3 Å². The number of carbonyl (C=O) groups is 2. The van der Waals surface area contributed by atoms with Gasteiger partial charge in [0.15, 0.2) is 0 Å². The topological polar surface area (TPSA) is 76.1 Å². The lowest BCUT2D eigenvalue weighted by Gasteiger charge is -2.59. The zero-order valence-electron chi connectivity index (χ0n) is 16.7. The molecular weight excluding hydrogens is 408 g/mol. The third kappa shape index (κ3) is 4.08. The van der Waals surface area contributed by atoms with Gasteiger partial charge in [-0.3, -0.25) is 9.69 Å². The number of nitrogens with one attached hydrogen (secondary N) is 1.